The Bertz CT molecular complexity index is 243. The van der Waals surface area contributed by atoms with Crippen LogP contribution in [0.5, 0.6) is 0 Å². The lowest BCUT2D eigenvalue weighted by Gasteiger charge is -2.25. The van der Waals surface area contributed by atoms with Crippen LogP contribution in [0.25, 0.3) is 0 Å². The van der Waals surface area contributed by atoms with Gasteiger partial charge in [-0.3, -0.25) is 4.79 Å². The van der Waals surface area contributed by atoms with E-state index in [1.807, 2.05) is 0 Å². The summed E-state index contributed by atoms with van der Waals surface area (Å²) in [4.78, 5) is 14.8. The van der Waals surface area contributed by atoms with Gasteiger partial charge in [0.2, 0.25) is 5.91 Å². The highest BCUT2D eigenvalue weighted by Crippen LogP contribution is 2.24. The van der Waals surface area contributed by atoms with Crippen molar-refractivity contribution in [3.63, 3.8) is 0 Å². The van der Waals surface area contributed by atoms with E-state index in [2.05, 4.69) is 34.7 Å². The molecule has 1 fully saturated rings. The second-order valence-electron chi connectivity index (χ2n) is 5.56. The van der Waals surface area contributed by atoms with Crippen LogP contribution in [0.4, 0.5) is 0 Å². The first-order valence-electron chi connectivity index (χ1n) is 7.58. The standard InChI is InChI=1S/C15H28BrNO/c1-3-4-5-6-7-10-15(18)17-11-8-9-14(17)12-13(2)16/h13-14H,3-12H2,1-2H3. The number of carbonyl (C=O) groups is 1. The molecular weight excluding hydrogens is 290 g/mol. The van der Waals surface area contributed by atoms with Crippen LogP contribution in [-0.2, 0) is 4.79 Å². The first-order chi connectivity index (χ1) is 8.65. The Balaban J connectivity index is 2.23. The number of nitrogens with zero attached hydrogens (tertiary/aromatic N) is 1. The molecule has 2 atom stereocenters. The van der Waals surface area contributed by atoms with Gasteiger partial charge in [0.15, 0.2) is 0 Å². The van der Waals surface area contributed by atoms with Crippen molar-refractivity contribution in [1.29, 1.82) is 0 Å². The number of rotatable bonds is 8. The Hall–Kier alpha value is -0.0500. The maximum absolute atomic E-state index is 12.2. The van der Waals surface area contributed by atoms with Crippen molar-refractivity contribution in [3.05, 3.63) is 0 Å². The molecule has 1 aliphatic rings. The third-order valence-electron chi connectivity index (χ3n) is 3.79. The van der Waals surface area contributed by atoms with Gasteiger partial charge in [0.25, 0.3) is 0 Å². The number of likely N-dealkylation sites (tertiary alicyclic amines) is 1. The Kier molecular flexibility index (Phi) is 7.96. The molecule has 1 rings (SSSR count). The Morgan fingerprint density at radius 1 is 1.33 bits per heavy atom. The number of hydrogen-bond donors (Lipinski definition) is 0. The SMILES string of the molecule is CCCCCCCC(=O)N1CCCC1CC(C)Br. The molecular formula is C15H28BrNO. The van der Waals surface area contributed by atoms with Gasteiger partial charge >= 0.3 is 0 Å². The Morgan fingerprint density at radius 2 is 2.06 bits per heavy atom. The van der Waals surface area contributed by atoms with Gasteiger partial charge < -0.3 is 4.90 Å². The predicted molar refractivity (Wildman–Crippen MR) is 81.1 cm³/mol. The molecule has 0 N–H and O–H groups in total. The van der Waals surface area contributed by atoms with E-state index in [9.17, 15) is 4.79 Å². The molecule has 1 saturated heterocycles. The van der Waals surface area contributed by atoms with Crippen molar-refractivity contribution in [2.24, 2.45) is 0 Å². The van der Waals surface area contributed by atoms with Gasteiger partial charge in [-0.1, -0.05) is 55.5 Å². The largest absolute Gasteiger partial charge is 0.340 e. The van der Waals surface area contributed by atoms with E-state index < -0.39 is 0 Å². The molecule has 2 nitrogen and oxygen atoms in total. The van der Waals surface area contributed by atoms with Crippen molar-refractivity contribution in [2.75, 3.05) is 6.54 Å². The van der Waals surface area contributed by atoms with Crippen molar-refractivity contribution >= 4 is 21.8 Å². The van der Waals surface area contributed by atoms with E-state index in [1.165, 1.54) is 38.5 Å². The Morgan fingerprint density at radius 3 is 2.72 bits per heavy atom. The molecule has 0 radical (unpaired) electrons. The number of unbranched alkanes of at least 4 members (excludes halogenated alkanes) is 4. The highest BCUT2D eigenvalue weighted by atomic mass is 79.9. The second-order valence-corrected chi connectivity index (χ2v) is 7.13. The molecule has 1 amide bonds. The maximum atomic E-state index is 12.2. The van der Waals surface area contributed by atoms with E-state index in [0.29, 0.717) is 16.8 Å². The van der Waals surface area contributed by atoms with Crippen molar-refractivity contribution in [3.8, 4) is 0 Å². The van der Waals surface area contributed by atoms with E-state index in [0.717, 1.165) is 25.8 Å². The van der Waals surface area contributed by atoms with Crippen LogP contribution >= 0.6 is 15.9 Å². The zero-order valence-corrected chi connectivity index (χ0v) is 13.5. The predicted octanol–water partition coefficient (Wildman–Crippen LogP) is 4.51. The number of amides is 1. The second kappa shape index (κ2) is 8.95. The van der Waals surface area contributed by atoms with E-state index >= 15 is 0 Å². The summed E-state index contributed by atoms with van der Waals surface area (Å²) in [5.41, 5.74) is 0. The summed E-state index contributed by atoms with van der Waals surface area (Å²) in [6.07, 6.45) is 10.4. The van der Waals surface area contributed by atoms with E-state index in [-0.39, 0.29) is 0 Å². The van der Waals surface area contributed by atoms with Gasteiger partial charge in [-0.25, -0.2) is 0 Å². The average molecular weight is 318 g/mol. The number of halogens is 1. The topological polar surface area (TPSA) is 20.3 Å². The molecule has 0 aliphatic carbocycles. The molecule has 0 aromatic carbocycles. The first-order valence-corrected chi connectivity index (χ1v) is 8.50. The normalized spacial score (nSPS) is 21.3. The number of hydrogen-bond acceptors (Lipinski definition) is 1. The maximum Gasteiger partial charge on any atom is 0.222 e. The molecule has 0 spiro atoms. The van der Waals surface area contributed by atoms with Gasteiger partial charge in [-0.05, 0) is 25.7 Å². The molecule has 106 valence electrons. The molecule has 1 heterocycles. The summed E-state index contributed by atoms with van der Waals surface area (Å²) < 4.78 is 0. The van der Waals surface area contributed by atoms with E-state index in [1.54, 1.807) is 0 Å². The smallest absolute Gasteiger partial charge is 0.222 e. The quantitative estimate of drug-likeness (QED) is 0.476. The molecule has 2 unspecified atom stereocenters. The fraction of sp³-hybridized carbons (Fsp3) is 0.933. The van der Waals surface area contributed by atoms with Crippen LogP contribution in [0.1, 0.15) is 71.6 Å². The first kappa shape index (κ1) is 16.0. The van der Waals surface area contributed by atoms with Crippen molar-refractivity contribution < 1.29 is 4.79 Å². The third-order valence-corrected chi connectivity index (χ3v) is 4.16. The lowest BCUT2D eigenvalue weighted by molar-refractivity contribution is -0.132. The minimum absolute atomic E-state index is 0.391. The lowest BCUT2D eigenvalue weighted by Crippen LogP contribution is -2.36. The minimum atomic E-state index is 0.391. The fourth-order valence-corrected chi connectivity index (χ4v) is 3.24. The van der Waals surface area contributed by atoms with Crippen LogP contribution in [0.2, 0.25) is 0 Å². The van der Waals surface area contributed by atoms with Crippen LogP contribution in [0.15, 0.2) is 0 Å². The highest BCUT2D eigenvalue weighted by molar-refractivity contribution is 9.09. The van der Waals surface area contributed by atoms with Gasteiger partial charge in [0, 0.05) is 23.8 Å². The summed E-state index contributed by atoms with van der Waals surface area (Å²) in [5, 5.41) is 0. The number of carbonyl (C=O) groups excluding carboxylic acids is 1. The van der Waals surface area contributed by atoms with Crippen LogP contribution in [0, 0.1) is 0 Å². The Labute approximate surface area is 121 Å². The third kappa shape index (κ3) is 5.73. The summed E-state index contributed by atoms with van der Waals surface area (Å²) in [5.74, 6) is 0.391. The van der Waals surface area contributed by atoms with Crippen molar-refractivity contribution in [1.82, 2.24) is 4.90 Å². The van der Waals surface area contributed by atoms with Gasteiger partial charge in [-0.2, -0.15) is 0 Å². The fourth-order valence-electron chi connectivity index (χ4n) is 2.81. The number of alkyl halides is 1. The van der Waals surface area contributed by atoms with Crippen molar-refractivity contribution in [2.45, 2.75) is 82.5 Å². The molecule has 0 aromatic rings. The zero-order chi connectivity index (χ0) is 13.4. The van der Waals surface area contributed by atoms with Crippen LogP contribution in [0.3, 0.4) is 0 Å². The van der Waals surface area contributed by atoms with Crippen LogP contribution < -0.4 is 0 Å². The summed E-state index contributed by atoms with van der Waals surface area (Å²) in [6.45, 7) is 5.38. The zero-order valence-electron chi connectivity index (χ0n) is 12.0. The monoisotopic (exact) mass is 317 g/mol. The summed E-state index contributed by atoms with van der Waals surface area (Å²) in [7, 11) is 0. The molecule has 0 aromatic heterocycles. The summed E-state index contributed by atoms with van der Waals surface area (Å²) >= 11 is 3.60. The highest BCUT2D eigenvalue weighted by Gasteiger charge is 2.28. The van der Waals surface area contributed by atoms with Gasteiger partial charge in [0.05, 0.1) is 0 Å². The molecule has 3 heteroatoms. The molecule has 18 heavy (non-hydrogen) atoms. The van der Waals surface area contributed by atoms with Gasteiger partial charge in [0.1, 0.15) is 0 Å². The molecule has 0 saturated carbocycles. The van der Waals surface area contributed by atoms with Gasteiger partial charge in [-0.15, -0.1) is 0 Å². The molecule has 1 aliphatic heterocycles. The minimum Gasteiger partial charge on any atom is -0.340 e. The van der Waals surface area contributed by atoms with Crippen LogP contribution in [-0.4, -0.2) is 28.2 Å². The average Bonchev–Trinajstić information content (AvgIpc) is 2.76. The molecule has 0 bridgehead atoms. The lowest BCUT2D eigenvalue weighted by atomic mass is 10.1. The van der Waals surface area contributed by atoms with E-state index in [4.69, 9.17) is 0 Å². The summed E-state index contributed by atoms with van der Waals surface area (Å²) in [6, 6.07) is 0.488.